The van der Waals surface area contributed by atoms with Gasteiger partial charge in [0.1, 0.15) is 5.75 Å². The Kier molecular flexibility index (Phi) is 10.6. The van der Waals surface area contributed by atoms with Crippen molar-refractivity contribution < 1.29 is 4.74 Å². The summed E-state index contributed by atoms with van der Waals surface area (Å²) < 4.78 is 5.57. The second kappa shape index (κ2) is 11.4. The van der Waals surface area contributed by atoms with E-state index in [1.165, 1.54) is 0 Å². The Morgan fingerprint density at radius 3 is 2.70 bits per heavy atom. The summed E-state index contributed by atoms with van der Waals surface area (Å²) in [6.07, 6.45) is 5.23. The first-order valence-corrected chi connectivity index (χ1v) is 6.48. The highest BCUT2D eigenvalue weighted by atomic mass is 127. The fourth-order valence-electron chi connectivity index (χ4n) is 1.57. The van der Waals surface area contributed by atoms with Gasteiger partial charge in [0, 0.05) is 12.1 Å². The van der Waals surface area contributed by atoms with Gasteiger partial charge in [-0.2, -0.15) is 0 Å². The van der Waals surface area contributed by atoms with Crippen molar-refractivity contribution in [3.05, 3.63) is 29.8 Å². The number of hydrogen-bond acceptors (Lipinski definition) is 2. The van der Waals surface area contributed by atoms with Gasteiger partial charge in [-0.1, -0.05) is 24.1 Å². The minimum Gasteiger partial charge on any atom is -0.494 e. The molecule has 2 N–H and O–H groups in total. The van der Waals surface area contributed by atoms with Crippen molar-refractivity contribution in [3.8, 4) is 18.1 Å². The number of guanidine groups is 1. The normalized spacial score (nSPS) is 10.2. The van der Waals surface area contributed by atoms with E-state index in [2.05, 4.69) is 21.5 Å². The molecule has 0 atom stereocenters. The highest BCUT2D eigenvalue weighted by Gasteiger charge is 2.02. The van der Waals surface area contributed by atoms with Crippen molar-refractivity contribution in [2.24, 2.45) is 4.99 Å². The van der Waals surface area contributed by atoms with Crippen LogP contribution in [0.3, 0.4) is 0 Å². The predicted octanol–water partition coefficient (Wildman–Crippen LogP) is 2.39. The molecule has 0 aromatic heterocycles. The fourth-order valence-corrected chi connectivity index (χ4v) is 1.57. The molecule has 0 unspecified atom stereocenters. The van der Waals surface area contributed by atoms with Crippen LogP contribution in [0.5, 0.6) is 5.75 Å². The van der Waals surface area contributed by atoms with Crippen LogP contribution in [0.25, 0.3) is 0 Å². The second-order valence-corrected chi connectivity index (χ2v) is 3.79. The summed E-state index contributed by atoms with van der Waals surface area (Å²) in [7, 11) is 0. The highest BCUT2D eigenvalue weighted by Crippen LogP contribution is 2.18. The first kappa shape index (κ1) is 18.6. The molecule has 4 nitrogen and oxygen atoms in total. The number of ether oxygens (including phenoxy) is 1. The Bertz CT molecular complexity index is 455. The van der Waals surface area contributed by atoms with Crippen LogP contribution >= 0.6 is 24.0 Å². The molecule has 0 heterocycles. The number of para-hydroxylation sites is 1. The maximum atomic E-state index is 5.57. The van der Waals surface area contributed by atoms with Crippen LogP contribution in [0.15, 0.2) is 29.3 Å². The third kappa shape index (κ3) is 6.66. The molecule has 0 aliphatic carbocycles. The first-order valence-electron chi connectivity index (χ1n) is 6.48. The molecule has 0 amide bonds. The van der Waals surface area contributed by atoms with E-state index in [9.17, 15) is 0 Å². The second-order valence-electron chi connectivity index (χ2n) is 3.79. The van der Waals surface area contributed by atoms with Crippen molar-refractivity contribution in [2.75, 3.05) is 19.7 Å². The lowest BCUT2D eigenvalue weighted by molar-refractivity contribution is 0.336. The molecule has 5 heteroatoms. The van der Waals surface area contributed by atoms with Crippen molar-refractivity contribution in [2.45, 2.75) is 20.4 Å². The average Bonchev–Trinajstić information content (AvgIpc) is 2.43. The summed E-state index contributed by atoms with van der Waals surface area (Å²) >= 11 is 0. The third-order valence-corrected chi connectivity index (χ3v) is 2.38. The van der Waals surface area contributed by atoms with Crippen molar-refractivity contribution in [3.63, 3.8) is 0 Å². The average molecular weight is 387 g/mol. The molecule has 0 bridgehead atoms. The van der Waals surface area contributed by atoms with Crippen LogP contribution in [-0.4, -0.2) is 25.7 Å². The van der Waals surface area contributed by atoms with Gasteiger partial charge in [0.05, 0.1) is 19.7 Å². The summed E-state index contributed by atoms with van der Waals surface area (Å²) in [5.74, 6) is 4.12. The number of halogens is 1. The van der Waals surface area contributed by atoms with Gasteiger partial charge < -0.3 is 15.4 Å². The van der Waals surface area contributed by atoms with E-state index >= 15 is 0 Å². The van der Waals surface area contributed by atoms with Gasteiger partial charge in [-0.05, 0) is 19.9 Å². The fraction of sp³-hybridized carbons (Fsp3) is 0.400. The van der Waals surface area contributed by atoms with Crippen LogP contribution in [0.1, 0.15) is 19.4 Å². The predicted molar refractivity (Wildman–Crippen MR) is 94.7 cm³/mol. The zero-order chi connectivity index (χ0) is 13.9. The minimum absolute atomic E-state index is 0. The molecule has 20 heavy (non-hydrogen) atoms. The largest absolute Gasteiger partial charge is 0.494 e. The lowest BCUT2D eigenvalue weighted by Crippen LogP contribution is -2.37. The van der Waals surface area contributed by atoms with E-state index < -0.39 is 0 Å². The van der Waals surface area contributed by atoms with Gasteiger partial charge in [0.25, 0.3) is 0 Å². The lowest BCUT2D eigenvalue weighted by atomic mass is 10.2. The number of hydrogen-bond donors (Lipinski definition) is 2. The van der Waals surface area contributed by atoms with Crippen molar-refractivity contribution >= 4 is 29.9 Å². The van der Waals surface area contributed by atoms with Crippen molar-refractivity contribution in [1.29, 1.82) is 0 Å². The summed E-state index contributed by atoms with van der Waals surface area (Å²) in [6.45, 7) is 6.44. The standard InChI is InChI=1S/C15H21N3O.HI/c1-4-11-17-15(16-5-2)18-12-13-9-7-8-10-14(13)19-6-3;/h1,7-10H,5-6,11-12H2,2-3H3,(H2,16,17,18);1H. The lowest BCUT2D eigenvalue weighted by Gasteiger charge is -2.11. The van der Waals surface area contributed by atoms with Crippen LogP contribution in [0.2, 0.25) is 0 Å². The number of aliphatic imine (C=N–C) groups is 1. The van der Waals surface area contributed by atoms with Gasteiger partial charge >= 0.3 is 0 Å². The summed E-state index contributed by atoms with van der Waals surface area (Å²) in [6, 6.07) is 7.91. The number of nitrogens with zero attached hydrogens (tertiary/aromatic N) is 1. The van der Waals surface area contributed by atoms with E-state index in [0.29, 0.717) is 25.7 Å². The van der Waals surface area contributed by atoms with E-state index in [-0.39, 0.29) is 24.0 Å². The van der Waals surface area contributed by atoms with Crippen LogP contribution < -0.4 is 15.4 Å². The molecule has 0 saturated carbocycles. The van der Waals surface area contributed by atoms with E-state index in [1.807, 2.05) is 38.1 Å². The van der Waals surface area contributed by atoms with E-state index in [0.717, 1.165) is 17.9 Å². The van der Waals surface area contributed by atoms with Gasteiger partial charge in [0.15, 0.2) is 5.96 Å². The molecular weight excluding hydrogens is 365 g/mol. The number of benzene rings is 1. The molecule has 0 aliphatic heterocycles. The third-order valence-electron chi connectivity index (χ3n) is 2.38. The van der Waals surface area contributed by atoms with Gasteiger partial charge in [0.2, 0.25) is 0 Å². The molecule has 1 aromatic carbocycles. The maximum Gasteiger partial charge on any atom is 0.192 e. The Hall–Kier alpha value is -1.42. The molecule has 0 spiro atoms. The Morgan fingerprint density at radius 2 is 2.05 bits per heavy atom. The molecule has 110 valence electrons. The summed E-state index contributed by atoms with van der Waals surface area (Å²) in [5, 5.41) is 6.20. The van der Waals surface area contributed by atoms with E-state index in [4.69, 9.17) is 11.2 Å². The Labute approximate surface area is 138 Å². The Balaban J connectivity index is 0.00000361. The molecule has 1 rings (SSSR count). The zero-order valence-corrected chi connectivity index (χ0v) is 14.3. The zero-order valence-electron chi connectivity index (χ0n) is 12.0. The van der Waals surface area contributed by atoms with Crippen LogP contribution in [-0.2, 0) is 6.54 Å². The topological polar surface area (TPSA) is 45.7 Å². The highest BCUT2D eigenvalue weighted by molar-refractivity contribution is 14.0. The summed E-state index contributed by atoms with van der Waals surface area (Å²) in [5.41, 5.74) is 1.06. The monoisotopic (exact) mass is 387 g/mol. The number of terminal acetylenes is 1. The number of rotatable bonds is 6. The van der Waals surface area contributed by atoms with Crippen molar-refractivity contribution in [1.82, 2.24) is 10.6 Å². The number of nitrogens with one attached hydrogen (secondary N) is 2. The molecule has 0 radical (unpaired) electrons. The molecule has 0 saturated heterocycles. The molecule has 0 aliphatic rings. The molecule has 1 aromatic rings. The first-order chi connectivity index (χ1) is 9.31. The minimum atomic E-state index is 0. The van der Waals surface area contributed by atoms with Crippen LogP contribution in [0.4, 0.5) is 0 Å². The summed E-state index contributed by atoms with van der Waals surface area (Å²) in [4.78, 5) is 4.48. The Morgan fingerprint density at radius 1 is 1.30 bits per heavy atom. The molecule has 0 fully saturated rings. The van der Waals surface area contributed by atoms with Gasteiger partial charge in [-0.25, -0.2) is 4.99 Å². The quantitative estimate of drug-likeness (QED) is 0.341. The van der Waals surface area contributed by atoms with Gasteiger partial charge in [-0.15, -0.1) is 30.4 Å². The van der Waals surface area contributed by atoms with Crippen LogP contribution in [0, 0.1) is 12.3 Å². The van der Waals surface area contributed by atoms with Gasteiger partial charge in [-0.3, -0.25) is 0 Å². The SMILES string of the molecule is C#CCNC(=NCc1ccccc1OCC)NCC.I. The van der Waals surface area contributed by atoms with E-state index in [1.54, 1.807) is 0 Å². The smallest absolute Gasteiger partial charge is 0.192 e. The molecular formula is C15H22IN3O. The maximum absolute atomic E-state index is 5.57.